The molecule has 3 aliphatic carbocycles. The average Bonchev–Trinajstić information content (AvgIpc) is 3.18. The van der Waals surface area contributed by atoms with E-state index in [1.807, 2.05) is 27.7 Å². The molecule has 5 aliphatic rings. The van der Waals surface area contributed by atoms with Crippen molar-refractivity contribution in [3.63, 3.8) is 0 Å². The van der Waals surface area contributed by atoms with Crippen LogP contribution in [0.3, 0.4) is 0 Å². The lowest BCUT2D eigenvalue weighted by molar-refractivity contribution is -0.387. The van der Waals surface area contributed by atoms with Gasteiger partial charge in [0.25, 0.3) is 0 Å². The summed E-state index contributed by atoms with van der Waals surface area (Å²) in [6.45, 7) is 23.7. The molecule has 4 fully saturated rings. The number of aliphatic hydroxyl groups is 2. The molecule has 2 aliphatic heterocycles. The molecule has 0 aromatic heterocycles. The lowest BCUT2D eigenvalue weighted by Crippen LogP contribution is -2.78. The number of hydrogen-bond acceptors (Lipinski definition) is 9. The Morgan fingerprint density at radius 3 is 2.36 bits per heavy atom. The summed E-state index contributed by atoms with van der Waals surface area (Å²) in [6.07, 6.45) is -0.317. The van der Waals surface area contributed by atoms with Crippen molar-refractivity contribution in [3.05, 3.63) is 23.8 Å². The van der Waals surface area contributed by atoms with Gasteiger partial charge in [0.2, 0.25) is 0 Å². The van der Waals surface area contributed by atoms with Crippen molar-refractivity contribution in [2.24, 2.45) is 40.4 Å². The third-order valence-corrected chi connectivity index (χ3v) is 12.1. The van der Waals surface area contributed by atoms with Crippen LogP contribution in [0.4, 0.5) is 0 Å². The molecule has 0 amide bonds. The summed E-state index contributed by atoms with van der Waals surface area (Å²) in [5, 5.41) is 23.2. The molecule has 0 aromatic carbocycles. The molecule has 13 atom stereocenters. The Bertz CT molecular complexity index is 1200. The molecular weight excluding hydrogens is 564 g/mol. The molecule has 3 unspecified atom stereocenters. The second-order valence-corrected chi connectivity index (χ2v) is 15.6. The molecule has 0 aromatic rings. The van der Waals surface area contributed by atoms with E-state index in [0.717, 1.165) is 11.1 Å². The van der Waals surface area contributed by atoms with E-state index in [1.165, 1.54) is 6.92 Å². The average molecular weight is 619 g/mol. The van der Waals surface area contributed by atoms with Gasteiger partial charge in [-0.05, 0) is 56.6 Å². The van der Waals surface area contributed by atoms with Crippen LogP contribution in [0.15, 0.2) is 23.8 Å². The predicted octanol–water partition coefficient (Wildman–Crippen LogP) is 4.73. The van der Waals surface area contributed by atoms with Gasteiger partial charge in [0, 0.05) is 42.4 Å². The zero-order chi connectivity index (χ0) is 32.7. The monoisotopic (exact) mass is 618 g/mol. The van der Waals surface area contributed by atoms with E-state index in [1.54, 1.807) is 6.08 Å². The molecule has 248 valence electrons. The molecule has 0 radical (unpaired) electrons. The minimum Gasteiger partial charge on any atom is -0.456 e. The summed E-state index contributed by atoms with van der Waals surface area (Å²) in [5.74, 6) is -1.77. The van der Waals surface area contributed by atoms with Gasteiger partial charge in [-0.25, -0.2) is 4.79 Å². The lowest BCUT2D eigenvalue weighted by atomic mass is 9.47. The second-order valence-electron chi connectivity index (χ2n) is 15.6. The quantitative estimate of drug-likeness (QED) is 0.294. The van der Waals surface area contributed by atoms with E-state index < -0.39 is 46.5 Å². The molecule has 2 N–H and O–H groups in total. The predicted molar refractivity (Wildman–Crippen MR) is 163 cm³/mol. The first-order chi connectivity index (χ1) is 20.4. The SMILES string of the molecule is C=CC1O[C@H]2C[C@H]3OC[C@@]3(OC(C)=O)[C@H]3[C@H](C)[C@]4(C(C)(C)O)CC(OC(=O)C(O)[C@@H](C)CC(C)C)C(C)=C4[C@H](C)[C@H](O1)[C@]23C. The molecule has 2 saturated carbocycles. The normalized spacial score (nSPS) is 44.4. The smallest absolute Gasteiger partial charge is 0.335 e. The molecular formula is C35H54O9. The molecule has 0 spiro atoms. The van der Waals surface area contributed by atoms with Crippen LogP contribution in [0.1, 0.15) is 88.5 Å². The van der Waals surface area contributed by atoms with Crippen LogP contribution in [0.25, 0.3) is 0 Å². The molecule has 0 bridgehead atoms. The van der Waals surface area contributed by atoms with Gasteiger partial charge in [0.05, 0.1) is 24.4 Å². The fraction of sp³-hybridized carbons (Fsp3) is 0.829. The Balaban J connectivity index is 1.67. The Hall–Kier alpha value is -1.78. The second kappa shape index (κ2) is 11.2. The highest BCUT2D eigenvalue weighted by Gasteiger charge is 2.78. The van der Waals surface area contributed by atoms with Gasteiger partial charge in [-0.3, -0.25) is 4.79 Å². The number of esters is 2. The van der Waals surface area contributed by atoms with Gasteiger partial charge in [-0.15, -0.1) is 0 Å². The van der Waals surface area contributed by atoms with Crippen LogP contribution < -0.4 is 0 Å². The van der Waals surface area contributed by atoms with Crippen molar-refractivity contribution in [1.82, 2.24) is 0 Å². The maximum atomic E-state index is 13.4. The van der Waals surface area contributed by atoms with E-state index in [-0.39, 0.29) is 54.6 Å². The Morgan fingerprint density at radius 1 is 1.18 bits per heavy atom. The number of fused-ring (bicyclic) bond motifs is 3. The van der Waals surface area contributed by atoms with Crippen molar-refractivity contribution < 1.29 is 43.5 Å². The van der Waals surface area contributed by atoms with Crippen molar-refractivity contribution in [2.45, 2.75) is 137 Å². The minimum atomic E-state index is -1.27. The van der Waals surface area contributed by atoms with Gasteiger partial charge in [0.15, 0.2) is 18.0 Å². The standard InChI is InChI=1S/C35H54O9/c1-12-26-42-24-14-25-35(16-40-25,44-22(8)36)29-21(7)34(32(9,10)39)15-23(41-31(38)28(37)18(4)13-17(2)3)19(5)27(34)20(6)30(43-26)33(24,29)11/h12,17-18,20-21,23-26,28-30,37,39H,1,13-16H2,2-11H3/t18-,20-,21-,23?,24-,25+,26?,28?,29-,30-,33+,34+,35-/m0/s1. The first-order valence-corrected chi connectivity index (χ1v) is 16.4. The first-order valence-electron chi connectivity index (χ1n) is 16.4. The first kappa shape index (κ1) is 33.6. The zero-order valence-corrected chi connectivity index (χ0v) is 28.2. The van der Waals surface area contributed by atoms with Crippen LogP contribution in [-0.4, -0.2) is 76.8 Å². The number of aliphatic hydroxyl groups excluding tert-OH is 1. The van der Waals surface area contributed by atoms with Crippen molar-refractivity contribution >= 4 is 11.9 Å². The fourth-order valence-electron chi connectivity index (χ4n) is 10.6. The van der Waals surface area contributed by atoms with Crippen LogP contribution in [0.2, 0.25) is 0 Å². The summed E-state index contributed by atoms with van der Waals surface area (Å²) < 4.78 is 31.8. The maximum absolute atomic E-state index is 13.4. The lowest BCUT2D eigenvalue weighted by Gasteiger charge is -2.68. The van der Waals surface area contributed by atoms with E-state index >= 15 is 0 Å². The largest absolute Gasteiger partial charge is 0.456 e. The topological polar surface area (TPSA) is 121 Å². The van der Waals surface area contributed by atoms with E-state index in [9.17, 15) is 19.8 Å². The molecule has 9 heteroatoms. The summed E-state index contributed by atoms with van der Waals surface area (Å²) in [4.78, 5) is 26.1. The summed E-state index contributed by atoms with van der Waals surface area (Å²) in [6, 6.07) is 0. The number of carbonyl (C=O) groups is 2. The van der Waals surface area contributed by atoms with E-state index in [4.69, 9.17) is 23.7 Å². The zero-order valence-electron chi connectivity index (χ0n) is 28.2. The summed E-state index contributed by atoms with van der Waals surface area (Å²) in [7, 11) is 0. The third-order valence-electron chi connectivity index (χ3n) is 12.1. The molecule has 2 saturated heterocycles. The molecule has 2 heterocycles. The Morgan fingerprint density at radius 2 is 1.84 bits per heavy atom. The highest BCUT2D eigenvalue weighted by Crippen LogP contribution is 2.71. The highest BCUT2D eigenvalue weighted by atomic mass is 16.7. The van der Waals surface area contributed by atoms with Crippen molar-refractivity contribution in [3.8, 4) is 0 Å². The van der Waals surface area contributed by atoms with Crippen LogP contribution in [-0.2, 0) is 33.3 Å². The van der Waals surface area contributed by atoms with Crippen LogP contribution >= 0.6 is 0 Å². The van der Waals surface area contributed by atoms with Gasteiger partial charge in [-0.2, -0.15) is 0 Å². The highest BCUT2D eigenvalue weighted by molar-refractivity contribution is 5.75. The van der Waals surface area contributed by atoms with Gasteiger partial charge in [0.1, 0.15) is 12.2 Å². The Kier molecular flexibility index (Phi) is 8.53. The van der Waals surface area contributed by atoms with Gasteiger partial charge >= 0.3 is 11.9 Å². The number of rotatable bonds is 8. The van der Waals surface area contributed by atoms with E-state index in [2.05, 4.69) is 41.2 Å². The number of carbonyl (C=O) groups excluding carboxylic acids is 2. The fourth-order valence-corrected chi connectivity index (χ4v) is 10.6. The maximum Gasteiger partial charge on any atom is 0.335 e. The van der Waals surface area contributed by atoms with Gasteiger partial charge in [-0.1, -0.05) is 53.7 Å². The molecule has 5 rings (SSSR count). The van der Waals surface area contributed by atoms with Crippen molar-refractivity contribution in [1.29, 1.82) is 0 Å². The number of hydrogen-bond donors (Lipinski definition) is 2. The summed E-state index contributed by atoms with van der Waals surface area (Å²) >= 11 is 0. The molecule has 44 heavy (non-hydrogen) atoms. The van der Waals surface area contributed by atoms with E-state index in [0.29, 0.717) is 25.2 Å². The third kappa shape index (κ3) is 4.66. The van der Waals surface area contributed by atoms with Crippen molar-refractivity contribution in [2.75, 3.05) is 6.61 Å². The summed E-state index contributed by atoms with van der Waals surface area (Å²) in [5.41, 5.74) is -1.83. The number of ether oxygens (including phenoxy) is 5. The minimum absolute atomic E-state index is 0.215. The van der Waals surface area contributed by atoms with Crippen LogP contribution in [0.5, 0.6) is 0 Å². The van der Waals surface area contributed by atoms with Crippen LogP contribution in [0, 0.1) is 40.4 Å². The Labute approximate surface area is 262 Å². The van der Waals surface area contributed by atoms with Gasteiger partial charge < -0.3 is 33.9 Å². The molecule has 9 nitrogen and oxygen atoms in total.